The van der Waals surface area contributed by atoms with Crippen LogP contribution in [0.15, 0.2) is 24.4 Å². The molecule has 1 heterocycles. The molecule has 1 amide bonds. The van der Waals surface area contributed by atoms with Crippen molar-refractivity contribution in [3.05, 3.63) is 47.0 Å². The lowest BCUT2D eigenvalue weighted by atomic mass is 10.1. The van der Waals surface area contributed by atoms with Crippen molar-refractivity contribution in [3.8, 4) is 0 Å². The van der Waals surface area contributed by atoms with Crippen molar-refractivity contribution < 1.29 is 9.18 Å². The number of nitrogen functional groups attached to an aromatic ring is 1. The van der Waals surface area contributed by atoms with Crippen LogP contribution in [-0.2, 0) is 7.05 Å². The van der Waals surface area contributed by atoms with E-state index in [4.69, 9.17) is 5.73 Å². The van der Waals surface area contributed by atoms with E-state index < -0.39 is 5.82 Å². The lowest BCUT2D eigenvalue weighted by Crippen LogP contribution is -2.27. The summed E-state index contributed by atoms with van der Waals surface area (Å²) in [4.78, 5) is 12.1. The SMILES string of the molecule is Cc1c(C(C)NC(=O)c2ccc(N)c(F)c2)cnn1C. The maximum absolute atomic E-state index is 13.3. The molecular formula is C14H17FN4O. The molecule has 1 unspecified atom stereocenters. The molecule has 2 aromatic rings. The predicted molar refractivity (Wildman–Crippen MR) is 74.6 cm³/mol. The van der Waals surface area contributed by atoms with Crippen LogP contribution in [0, 0.1) is 12.7 Å². The van der Waals surface area contributed by atoms with Gasteiger partial charge in [0.2, 0.25) is 0 Å². The van der Waals surface area contributed by atoms with E-state index in [2.05, 4.69) is 10.4 Å². The zero-order chi connectivity index (χ0) is 14.9. The molecule has 6 heteroatoms. The third kappa shape index (κ3) is 2.64. The molecule has 1 atom stereocenters. The number of rotatable bonds is 3. The molecule has 0 bridgehead atoms. The van der Waals surface area contributed by atoms with Gasteiger partial charge in [0, 0.05) is 23.9 Å². The van der Waals surface area contributed by atoms with Gasteiger partial charge >= 0.3 is 0 Å². The fourth-order valence-electron chi connectivity index (χ4n) is 1.97. The number of carbonyl (C=O) groups excluding carboxylic acids is 1. The molecular weight excluding hydrogens is 259 g/mol. The molecule has 5 nitrogen and oxygen atoms in total. The van der Waals surface area contributed by atoms with Crippen LogP contribution in [0.2, 0.25) is 0 Å². The summed E-state index contributed by atoms with van der Waals surface area (Å²) in [5.41, 5.74) is 7.55. The minimum Gasteiger partial charge on any atom is -0.396 e. The number of carbonyl (C=O) groups is 1. The molecule has 0 aliphatic heterocycles. The summed E-state index contributed by atoms with van der Waals surface area (Å²) in [6.45, 7) is 3.78. The summed E-state index contributed by atoms with van der Waals surface area (Å²) in [6, 6.07) is 3.80. The molecule has 0 fully saturated rings. The number of benzene rings is 1. The Hall–Kier alpha value is -2.37. The molecule has 1 aromatic carbocycles. The van der Waals surface area contributed by atoms with Gasteiger partial charge in [-0.1, -0.05) is 0 Å². The van der Waals surface area contributed by atoms with E-state index >= 15 is 0 Å². The van der Waals surface area contributed by atoms with E-state index in [0.29, 0.717) is 0 Å². The summed E-state index contributed by atoms with van der Waals surface area (Å²) < 4.78 is 15.1. The average molecular weight is 276 g/mol. The molecule has 1 aromatic heterocycles. The van der Waals surface area contributed by atoms with E-state index in [-0.39, 0.29) is 23.2 Å². The van der Waals surface area contributed by atoms with Gasteiger partial charge in [-0.15, -0.1) is 0 Å². The monoisotopic (exact) mass is 276 g/mol. The number of nitrogens with zero attached hydrogens (tertiary/aromatic N) is 2. The summed E-state index contributed by atoms with van der Waals surface area (Å²) in [5.74, 6) is -0.942. The Bertz CT molecular complexity index is 651. The predicted octanol–water partition coefficient (Wildman–Crippen LogP) is 1.94. The third-order valence-electron chi connectivity index (χ3n) is 3.35. The Kier molecular flexibility index (Phi) is 3.74. The van der Waals surface area contributed by atoms with Crippen LogP contribution in [0.3, 0.4) is 0 Å². The first kappa shape index (κ1) is 14.0. The van der Waals surface area contributed by atoms with Crippen molar-refractivity contribution >= 4 is 11.6 Å². The van der Waals surface area contributed by atoms with Crippen molar-refractivity contribution in [1.82, 2.24) is 15.1 Å². The standard InChI is InChI=1S/C14H17FN4O/c1-8(11-7-17-19(3)9(11)2)18-14(20)10-4-5-13(16)12(15)6-10/h4-8H,16H2,1-3H3,(H,18,20). The lowest BCUT2D eigenvalue weighted by Gasteiger charge is -2.14. The van der Waals surface area contributed by atoms with Gasteiger partial charge in [-0.2, -0.15) is 5.10 Å². The summed E-state index contributed by atoms with van der Waals surface area (Å²) in [5, 5.41) is 6.95. The van der Waals surface area contributed by atoms with E-state index in [1.54, 1.807) is 10.9 Å². The number of anilines is 1. The second-order valence-electron chi connectivity index (χ2n) is 4.74. The van der Waals surface area contributed by atoms with Crippen LogP contribution in [-0.4, -0.2) is 15.7 Å². The highest BCUT2D eigenvalue weighted by Crippen LogP contribution is 2.17. The van der Waals surface area contributed by atoms with Crippen molar-refractivity contribution in [2.45, 2.75) is 19.9 Å². The average Bonchev–Trinajstić information content (AvgIpc) is 2.73. The van der Waals surface area contributed by atoms with Gasteiger partial charge in [0.1, 0.15) is 5.82 Å². The molecule has 0 saturated heterocycles. The number of aromatic nitrogens is 2. The van der Waals surface area contributed by atoms with Crippen molar-refractivity contribution in [2.75, 3.05) is 5.73 Å². The number of amides is 1. The maximum atomic E-state index is 13.3. The lowest BCUT2D eigenvalue weighted by molar-refractivity contribution is 0.0939. The number of nitrogens with one attached hydrogen (secondary N) is 1. The van der Waals surface area contributed by atoms with E-state index in [0.717, 1.165) is 17.3 Å². The van der Waals surface area contributed by atoms with Crippen LogP contribution in [0.1, 0.15) is 34.6 Å². The first-order valence-corrected chi connectivity index (χ1v) is 6.24. The number of hydrogen-bond donors (Lipinski definition) is 2. The molecule has 2 rings (SSSR count). The first-order valence-electron chi connectivity index (χ1n) is 6.24. The van der Waals surface area contributed by atoms with Gasteiger partial charge in [0.15, 0.2) is 0 Å². The number of nitrogens with two attached hydrogens (primary N) is 1. The second kappa shape index (κ2) is 5.32. The van der Waals surface area contributed by atoms with Crippen LogP contribution >= 0.6 is 0 Å². The minimum atomic E-state index is -0.595. The summed E-state index contributed by atoms with van der Waals surface area (Å²) in [6.07, 6.45) is 1.71. The Balaban J connectivity index is 2.15. The van der Waals surface area contributed by atoms with Crippen LogP contribution in [0.25, 0.3) is 0 Å². The number of hydrogen-bond acceptors (Lipinski definition) is 3. The van der Waals surface area contributed by atoms with Crippen molar-refractivity contribution in [1.29, 1.82) is 0 Å². The molecule has 3 N–H and O–H groups in total. The number of aryl methyl sites for hydroxylation is 1. The van der Waals surface area contributed by atoms with Crippen molar-refractivity contribution in [3.63, 3.8) is 0 Å². The molecule has 0 radical (unpaired) electrons. The van der Waals surface area contributed by atoms with E-state index in [1.165, 1.54) is 12.1 Å². The summed E-state index contributed by atoms with van der Waals surface area (Å²) in [7, 11) is 1.84. The second-order valence-corrected chi connectivity index (χ2v) is 4.74. The number of halogens is 1. The maximum Gasteiger partial charge on any atom is 0.251 e. The Morgan fingerprint density at radius 3 is 2.75 bits per heavy atom. The van der Waals surface area contributed by atoms with Crippen LogP contribution < -0.4 is 11.1 Å². The van der Waals surface area contributed by atoms with Gasteiger partial charge in [-0.3, -0.25) is 9.48 Å². The van der Waals surface area contributed by atoms with Crippen molar-refractivity contribution in [2.24, 2.45) is 7.05 Å². The quantitative estimate of drug-likeness (QED) is 0.841. The molecule has 0 saturated carbocycles. The van der Waals surface area contributed by atoms with E-state index in [1.807, 2.05) is 20.9 Å². The highest BCUT2D eigenvalue weighted by Gasteiger charge is 2.16. The van der Waals surface area contributed by atoms with Gasteiger partial charge in [-0.05, 0) is 32.0 Å². The topological polar surface area (TPSA) is 72.9 Å². The molecule has 106 valence electrons. The smallest absolute Gasteiger partial charge is 0.251 e. The highest BCUT2D eigenvalue weighted by atomic mass is 19.1. The van der Waals surface area contributed by atoms with Gasteiger partial charge < -0.3 is 11.1 Å². The van der Waals surface area contributed by atoms with Gasteiger partial charge in [0.25, 0.3) is 5.91 Å². The third-order valence-corrected chi connectivity index (χ3v) is 3.35. The largest absolute Gasteiger partial charge is 0.396 e. The van der Waals surface area contributed by atoms with Gasteiger partial charge in [-0.25, -0.2) is 4.39 Å². The Labute approximate surface area is 116 Å². The highest BCUT2D eigenvalue weighted by molar-refractivity contribution is 5.94. The molecule has 20 heavy (non-hydrogen) atoms. The molecule has 0 spiro atoms. The Morgan fingerprint density at radius 2 is 2.20 bits per heavy atom. The van der Waals surface area contributed by atoms with Crippen LogP contribution in [0.5, 0.6) is 0 Å². The van der Waals surface area contributed by atoms with E-state index in [9.17, 15) is 9.18 Å². The fraction of sp³-hybridized carbons (Fsp3) is 0.286. The fourth-order valence-corrected chi connectivity index (χ4v) is 1.97. The zero-order valence-electron chi connectivity index (χ0n) is 11.6. The zero-order valence-corrected chi connectivity index (χ0v) is 11.6. The van der Waals surface area contributed by atoms with Crippen LogP contribution in [0.4, 0.5) is 10.1 Å². The molecule has 0 aliphatic rings. The van der Waals surface area contributed by atoms with Gasteiger partial charge in [0.05, 0.1) is 17.9 Å². The minimum absolute atomic E-state index is 0.0257. The molecule has 0 aliphatic carbocycles. The summed E-state index contributed by atoms with van der Waals surface area (Å²) >= 11 is 0. The normalized spacial score (nSPS) is 12.2. The first-order chi connectivity index (χ1) is 9.40. The Morgan fingerprint density at radius 1 is 1.50 bits per heavy atom.